The van der Waals surface area contributed by atoms with Crippen LogP contribution >= 0.6 is 0 Å². The van der Waals surface area contributed by atoms with E-state index in [0.29, 0.717) is 5.69 Å². The SMILES string of the molecule is [C-]#[N+]c1ccc(-c2ccc(OCCCCCCN)cc2)cc1. The van der Waals surface area contributed by atoms with Crippen LogP contribution in [0.3, 0.4) is 0 Å². The minimum Gasteiger partial charge on any atom is -0.494 e. The van der Waals surface area contributed by atoms with Crippen LogP contribution in [0.15, 0.2) is 48.5 Å². The molecular weight excluding hydrogens is 272 g/mol. The maximum atomic E-state index is 6.97. The van der Waals surface area contributed by atoms with Crippen LogP contribution in [0, 0.1) is 6.57 Å². The number of benzene rings is 2. The molecule has 0 saturated carbocycles. The van der Waals surface area contributed by atoms with Crippen LogP contribution in [0.2, 0.25) is 0 Å². The third-order valence-electron chi connectivity index (χ3n) is 3.55. The van der Waals surface area contributed by atoms with Crippen molar-refractivity contribution in [3.05, 3.63) is 59.9 Å². The maximum Gasteiger partial charge on any atom is 0.187 e. The summed E-state index contributed by atoms with van der Waals surface area (Å²) in [6.07, 6.45) is 4.52. The Hall–Kier alpha value is -2.31. The highest BCUT2D eigenvalue weighted by atomic mass is 16.5. The molecule has 114 valence electrons. The molecule has 2 N–H and O–H groups in total. The molecule has 22 heavy (non-hydrogen) atoms. The first-order valence-corrected chi connectivity index (χ1v) is 7.74. The zero-order valence-corrected chi connectivity index (χ0v) is 12.8. The highest BCUT2D eigenvalue weighted by Gasteiger charge is 1.99. The summed E-state index contributed by atoms with van der Waals surface area (Å²) in [4.78, 5) is 3.40. The van der Waals surface area contributed by atoms with E-state index in [1.54, 1.807) is 0 Å². The average Bonchev–Trinajstić information content (AvgIpc) is 2.59. The monoisotopic (exact) mass is 294 g/mol. The highest BCUT2D eigenvalue weighted by molar-refractivity contribution is 5.66. The molecule has 2 rings (SSSR count). The quantitative estimate of drug-likeness (QED) is 0.561. The van der Waals surface area contributed by atoms with Gasteiger partial charge in [-0.25, -0.2) is 4.85 Å². The van der Waals surface area contributed by atoms with Gasteiger partial charge in [0.15, 0.2) is 5.69 Å². The summed E-state index contributed by atoms with van der Waals surface area (Å²) in [5, 5.41) is 0. The Bertz CT molecular complexity index is 597. The molecule has 0 aliphatic rings. The third-order valence-corrected chi connectivity index (χ3v) is 3.55. The van der Waals surface area contributed by atoms with Gasteiger partial charge in [0.2, 0.25) is 0 Å². The molecule has 0 amide bonds. The van der Waals surface area contributed by atoms with Gasteiger partial charge in [0, 0.05) is 0 Å². The summed E-state index contributed by atoms with van der Waals surface area (Å²) >= 11 is 0. The number of nitrogens with two attached hydrogens (primary N) is 1. The van der Waals surface area contributed by atoms with Crippen LogP contribution in [0.25, 0.3) is 16.0 Å². The lowest BCUT2D eigenvalue weighted by Gasteiger charge is -2.07. The molecule has 0 radical (unpaired) electrons. The van der Waals surface area contributed by atoms with Crippen LogP contribution in [0.5, 0.6) is 5.75 Å². The van der Waals surface area contributed by atoms with Crippen LogP contribution in [0.1, 0.15) is 25.7 Å². The van der Waals surface area contributed by atoms with Gasteiger partial charge in [-0.05, 0) is 42.6 Å². The van der Waals surface area contributed by atoms with Crippen molar-refractivity contribution in [2.24, 2.45) is 5.73 Å². The lowest BCUT2D eigenvalue weighted by atomic mass is 10.1. The summed E-state index contributed by atoms with van der Waals surface area (Å²) in [5.41, 5.74) is 8.38. The Balaban J connectivity index is 1.83. The Labute approximate surface area is 132 Å². The van der Waals surface area contributed by atoms with E-state index in [4.69, 9.17) is 17.0 Å². The largest absolute Gasteiger partial charge is 0.494 e. The van der Waals surface area contributed by atoms with Crippen molar-refractivity contribution >= 4 is 5.69 Å². The van der Waals surface area contributed by atoms with Crippen molar-refractivity contribution in [2.75, 3.05) is 13.2 Å². The standard InChI is InChI=1S/C19H22N2O/c1-21-18-10-6-16(7-11-18)17-8-12-19(13-9-17)22-15-5-3-2-4-14-20/h6-13H,2-5,14-15,20H2. The van der Waals surface area contributed by atoms with E-state index in [9.17, 15) is 0 Å². The number of ether oxygens (including phenoxy) is 1. The molecule has 0 spiro atoms. The van der Waals surface area contributed by atoms with Crippen molar-refractivity contribution in [1.29, 1.82) is 0 Å². The van der Waals surface area contributed by atoms with E-state index >= 15 is 0 Å². The molecule has 0 bridgehead atoms. The molecule has 2 aromatic carbocycles. The van der Waals surface area contributed by atoms with Gasteiger partial charge in [0.1, 0.15) is 5.75 Å². The lowest BCUT2D eigenvalue weighted by molar-refractivity contribution is 0.305. The fraction of sp³-hybridized carbons (Fsp3) is 0.316. The summed E-state index contributed by atoms with van der Waals surface area (Å²) in [7, 11) is 0. The number of rotatable bonds is 8. The predicted molar refractivity (Wildman–Crippen MR) is 91.2 cm³/mol. The first-order chi connectivity index (χ1) is 10.8. The lowest BCUT2D eigenvalue weighted by Crippen LogP contribution is -2.00. The molecule has 0 saturated heterocycles. The van der Waals surface area contributed by atoms with E-state index < -0.39 is 0 Å². The zero-order chi connectivity index (χ0) is 15.6. The number of hydrogen-bond acceptors (Lipinski definition) is 2. The van der Waals surface area contributed by atoms with Gasteiger partial charge >= 0.3 is 0 Å². The molecular formula is C19H22N2O. The van der Waals surface area contributed by atoms with E-state index in [1.165, 1.54) is 12.8 Å². The molecule has 0 aromatic heterocycles. The van der Waals surface area contributed by atoms with E-state index in [1.807, 2.05) is 36.4 Å². The van der Waals surface area contributed by atoms with Gasteiger partial charge in [-0.15, -0.1) is 0 Å². The molecule has 2 aromatic rings. The highest BCUT2D eigenvalue weighted by Crippen LogP contribution is 2.24. The summed E-state index contributed by atoms with van der Waals surface area (Å²) in [6.45, 7) is 8.50. The average molecular weight is 294 g/mol. The normalized spacial score (nSPS) is 10.2. The van der Waals surface area contributed by atoms with Crippen LogP contribution in [-0.4, -0.2) is 13.2 Å². The van der Waals surface area contributed by atoms with Gasteiger partial charge < -0.3 is 10.5 Å². The number of unbranched alkanes of at least 4 members (excludes halogenated alkanes) is 3. The van der Waals surface area contributed by atoms with Gasteiger partial charge in [-0.1, -0.05) is 49.2 Å². The Kier molecular flexibility index (Phi) is 6.47. The molecule has 0 aliphatic carbocycles. The summed E-state index contributed by atoms with van der Waals surface area (Å²) in [6, 6.07) is 15.7. The Morgan fingerprint density at radius 1 is 0.818 bits per heavy atom. The van der Waals surface area contributed by atoms with Crippen molar-refractivity contribution < 1.29 is 4.74 Å². The summed E-state index contributed by atoms with van der Waals surface area (Å²) < 4.78 is 5.74. The predicted octanol–water partition coefficient (Wildman–Crippen LogP) is 4.80. The minimum absolute atomic E-state index is 0.665. The van der Waals surface area contributed by atoms with Gasteiger partial charge in [0.25, 0.3) is 0 Å². The first kappa shape index (κ1) is 16.1. The molecule has 0 unspecified atom stereocenters. The Morgan fingerprint density at radius 3 is 2.00 bits per heavy atom. The van der Waals surface area contributed by atoms with Crippen LogP contribution in [0.4, 0.5) is 5.69 Å². The molecule has 0 aliphatic heterocycles. The molecule has 0 atom stereocenters. The summed E-state index contributed by atoms with van der Waals surface area (Å²) in [5.74, 6) is 0.903. The fourth-order valence-electron chi connectivity index (χ4n) is 2.26. The molecule has 0 heterocycles. The van der Waals surface area contributed by atoms with E-state index in [-0.39, 0.29) is 0 Å². The van der Waals surface area contributed by atoms with Gasteiger partial charge in [-0.2, -0.15) is 0 Å². The number of hydrogen-bond donors (Lipinski definition) is 1. The van der Waals surface area contributed by atoms with Crippen LogP contribution in [-0.2, 0) is 0 Å². The van der Waals surface area contributed by atoms with Crippen molar-refractivity contribution in [1.82, 2.24) is 0 Å². The van der Waals surface area contributed by atoms with Gasteiger partial charge in [-0.3, -0.25) is 0 Å². The fourth-order valence-corrected chi connectivity index (χ4v) is 2.26. The smallest absolute Gasteiger partial charge is 0.187 e. The second-order valence-electron chi connectivity index (χ2n) is 5.23. The third kappa shape index (κ3) is 4.91. The zero-order valence-electron chi connectivity index (χ0n) is 12.8. The van der Waals surface area contributed by atoms with Gasteiger partial charge in [0.05, 0.1) is 13.2 Å². The second kappa shape index (κ2) is 8.86. The van der Waals surface area contributed by atoms with Crippen LogP contribution < -0.4 is 10.5 Å². The first-order valence-electron chi connectivity index (χ1n) is 7.74. The van der Waals surface area contributed by atoms with E-state index in [2.05, 4.69) is 17.0 Å². The van der Waals surface area contributed by atoms with Crippen molar-refractivity contribution in [3.8, 4) is 16.9 Å². The number of nitrogens with zero attached hydrogens (tertiary/aromatic N) is 1. The molecule has 3 nitrogen and oxygen atoms in total. The molecule has 0 fully saturated rings. The minimum atomic E-state index is 0.665. The van der Waals surface area contributed by atoms with E-state index in [0.717, 1.165) is 42.9 Å². The molecule has 3 heteroatoms. The van der Waals surface area contributed by atoms with Crippen molar-refractivity contribution in [3.63, 3.8) is 0 Å². The second-order valence-corrected chi connectivity index (χ2v) is 5.23. The Morgan fingerprint density at radius 2 is 1.41 bits per heavy atom. The maximum absolute atomic E-state index is 6.97. The van der Waals surface area contributed by atoms with Crippen molar-refractivity contribution in [2.45, 2.75) is 25.7 Å². The topological polar surface area (TPSA) is 39.6 Å².